The number of hydrogen-bond donors (Lipinski definition) is 0. The summed E-state index contributed by atoms with van der Waals surface area (Å²) in [6, 6.07) is 10.8. The number of aromatic nitrogens is 1. The first-order chi connectivity index (χ1) is 13.3. The summed E-state index contributed by atoms with van der Waals surface area (Å²) in [4.78, 5) is 5.44. The largest absolute Gasteiger partial charge is 0.494 e. The lowest BCUT2D eigenvalue weighted by Gasteiger charge is -2.08. The molecule has 148 valence electrons. The maximum absolute atomic E-state index is 12.7. The predicted octanol–water partition coefficient (Wildman–Crippen LogP) is 6.67. The molecule has 0 saturated carbocycles. The summed E-state index contributed by atoms with van der Waals surface area (Å²) in [7, 11) is 0. The fourth-order valence-electron chi connectivity index (χ4n) is 2.67. The van der Waals surface area contributed by atoms with Crippen molar-refractivity contribution in [2.75, 3.05) is 6.61 Å². The molecule has 0 bridgehead atoms. The van der Waals surface area contributed by atoms with Gasteiger partial charge in [-0.3, -0.25) is 0 Å². The van der Waals surface area contributed by atoms with E-state index in [1.54, 1.807) is 11.8 Å². The quantitative estimate of drug-likeness (QED) is 0.428. The molecule has 28 heavy (non-hydrogen) atoms. The molecule has 0 amide bonds. The highest BCUT2D eigenvalue weighted by Gasteiger charge is 2.30. The van der Waals surface area contributed by atoms with Crippen LogP contribution in [-0.4, -0.2) is 11.6 Å². The summed E-state index contributed by atoms with van der Waals surface area (Å²) in [6.07, 6.45) is -4.36. The minimum atomic E-state index is -4.36. The van der Waals surface area contributed by atoms with Gasteiger partial charge < -0.3 is 9.15 Å². The van der Waals surface area contributed by atoms with Gasteiger partial charge in [0.1, 0.15) is 11.5 Å². The zero-order valence-corrected chi connectivity index (χ0v) is 16.6. The normalized spacial score (nSPS) is 11.6. The molecular formula is C21H20F3NO2S. The molecule has 2 aromatic carbocycles. The maximum atomic E-state index is 12.7. The van der Waals surface area contributed by atoms with Gasteiger partial charge in [-0.15, -0.1) is 11.8 Å². The van der Waals surface area contributed by atoms with Gasteiger partial charge in [-0.25, -0.2) is 4.98 Å². The van der Waals surface area contributed by atoms with Gasteiger partial charge in [-0.1, -0.05) is 0 Å². The van der Waals surface area contributed by atoms with E-state index < -0.39 is 11.7 Å². The highest BCUT2D eigenvalue weighted by atomic mass is 32.2. The molecule has 0 spiro atoms. The number of halogens is 3. The second kappa shape index (κ2) is 8.31. The number of thioether (sulfide) groups is 1. The smallest absolute Gasteiger partial charge is 0.416 e. The van der Waals surface area contributed by atoms with E-state index >= 15 is 0 Å². The average molecular weight is 407 g/mol. The number of rotatable bonds is 6. The monoisotopic (exact) mass is 407 g/mol. The Hall–Kier alpha value is -2.41. The van der Waals surface area contributed by atoms with Crippen molar-refractivity contribution >= 4 is 11.8 Å². The van der Waals surface area contributed by atoms with E-state index in [2.05, 4.69) is 11.1 Å². The first kappa shape index (κ1) is 20.3. The number of benzene rings is 2. The van der Waals surface area contributed by atoms with Crippen molar-refractivity contribution in [3.8, 4) is 17.2 Å². The van der Waals surface area contributed by atoms with Crippen LogP contribution in [0.2, 0.25) is 0 Å². The topological polar surface area (TPSA) is 35.3 Å². The Bertz CT molecular complexity index is 949. The highest BCUT2D eigenvalue weighted by Crippen LogP contribution is 2.33. The minimum Gasteiger partial charge on any atom is -0.494 e. The third kappa shape index (κ3) is 4.70. The average Bonchev–Trinajstić information content (AvgIpc) is 3.02. The van der Waals surface area contributed by atoms with Crippen molar-refractivity contribution in [2.45, 2.75) is 37.6 Å². The Morgan fingerprint density at radius 2 is 1.79 bits per heavy atom. The number of alkyl halides is 3. The Morgan fingerprint density at radius 1 is 1.07 bits per heavy atom. The minimum absolute atomic E-state index is 0.324. The summed E-state index contributed by atoms with van der Waals surface area (Å²) in [5.74, 6) is 2.47. The summed E-state index contributed by atoms with van der Waals surface area (Å²) >= 11 is 1.60. The maximum Gasteiger partial charge on any atom is 0.416 e. The van der Waals surface area contributed by atoms with Crippen molar-refractivity contribution in [3.05, 3.63) is 65.0 Å². The third-order valence-corrected chi connectivity index (χ3v) is 5.16. The molecular weight excluding hydrogens is 387 g/mol. The summed E-state index contributed by atoms with van der Waals surface area (Å²) in [5.41, 5.74) is 1.61. The van der Waals surface area contributed by atoms with Gasteiger partial charge in [0.15, 0.2) is 0 Å². The molecule has 1 heterocycles. The number of aryl methyl sites for hydroxylation is 2. The Balaban J connectivity index is 1.71. The van der Waals surface area contributed by atoms with E-state index in [0.29, 0.717) is 29.6 Å². The fraction of sp³-hybridized carbons (Fsp3) is 0.286. The second-order valence-corrected chi connectivity index (χ2v) is 7.30. The summed E-state index contributed by atoms with van der Waals surface area (Å²) < 4.78 is 49.4. The molecule has 3 nitrogen and oxygen atoms in total. The van der Waals surface area contributed by atoms with Crippen molar-refractivity contribution in [3.63, 3.8) is 0 Å². The Morgan fingerprint density at radius 3 is 2.39 bits per heavy atom. The van der Waals surface area contributed by atoms with Gasteiger partial charge in [-0.2, -0.15) is 13.2 Å². The lowest BCUT2D eigenvalue weighted by Crippen LogP contribution is -2.03. The standard InChI is InChI=1S/C21H20F3NO2S/c1-4-26-18-10-9-17(11-13(18)2)28-12-19-14(3)25-20(27-19)15-5-7-16(8-6-15)21(22,23)24/h5-11H,4,12H2,1-3H3. The second-order valence-electron chi connectivity index (χ2n) is 6.25. The Labute approximate surface area is 165 Å². The molecule has 0 fully saturated rings. The summed E-state index contributed by atoms with van der Waals surface area (Å²) in [5, 5.41) is 0. The van der Waals surface area contributed by atoms with E-state index in [0.717, 1.165) is 34.0 Å². The highest BCUT2D eigenvalue weighted by molar-refractivity contribution is 7.98. The van der Waals surface area contributed by atoms with Gasteiger partial charge in [0.05, 0.1) is 23.6 Å². The molecule has 0 atom stereocenters. The molecule has 0 aliphatic carbocycles. The zero-order valence-electron chi connectivity index (χ0n) is 15.8. The lowest BCUT2D eigenvalue weighted by molar-refractivity contribution is -0.137. The Kier molecular flexibility index (Phi) is 6.03. The summed E-state index contributed by atoms with van der Waals surface area (Å²) in [6.45, 7) is 6.40. The van der Waals surface area contributed by atoms with Crippen LogP contribution in [0.1, 0.15) is 29.5 Å². The van der Waals surface area contributed by atoms with Crippen LogP contribution in [0.3, 0.4) is 0 Å². The van der Waals surface area contributed by atoms with Crippen LogP contribution < -0.4 is 4.74 Å². The van der Waals surface area contributed by atoms with Crippen LogP contribution in [-0.2, 0) is 11.9 Å². The van der Waals surface area contributed by atoms with Crippen LogP contribution in [0.15, 0.2) is 51.8 Å². The van der Waals surface area contributed by atoms with E-state index in [1.807, 2.05) is 32.9 Å². The first-order valence-electron chi connectivity index (χ1n) is 8.78. The molecule has 0 radical (unpaired) electrons. The van der Waals surface area contributed by atoms with Crippen LogP contribution in [0.5, 0.6) is 5.75 Å². The van der Waals surface area contributed by atoms with Gasteiger partial charge in [0.2, 0.25) is 5.89 Å². The molecule has 0 saturated heterocycles. The van der Waals surface area contributed by atoms with Crippen LogP contribution in [0.4, 0.5) is 13.2 Å². The molecule has 0 N–H and O–H groups in total. The first-order valence-corrected chi connectivity index (χ1v) is 9.76. The van der Waals surface area contributed by atoms with E-state index in [1.165, 1.54) is 12.1 Å². The van der Waals surface area contributed by atoms with Crippen molar-refractivity contribution in [1.82, 2.24) is 4.98 Å². The molecule has 1 aromatic heterocycles. The zero-order chi connectivity index (χ0) is 20.3. The number of ether oxygens (including phenoxy) is 1. The van der Waals surface area contributed by atoms with Crippen molar-refractivity contribution in [1.29, 1.82) is 0 Å². The lowest BCUT2D eigenvalue weighted by atomic mass is 10.1. The predicted molar refractivity (Wildman–Crippen MR) is 104 cm³/mol. The van der Waals surface area contributed by atoms with Crippen molar-refractivity contribution < 1.29 is 22.3 Å². The molecule has 0 aliphatic heterocycles. The van der Waals surface area contributed by atoms with Crippen LogP contribution in [0.25, 0.3) is 11.5 Å². The molecule has 3 aromatic rings. The van der Waals surface area contributed by atoms with Crippen LogP contribution in [0, 0.1) is 13.8 Å². The van der Waals surface area contributed by atoms with Gasteiger partial charge >= 0.3 is 6.18 Å². The molecule has 3 rings (SSSR count). The number of oxazole rings is 1. The molecule has 7 heteroatoms. The van der Waals surface area contributed by atoms with Gasteiger partial charge in [0.25, 0.3) is 0 Å². The number of hydrogen-bond acceptors (Lipinski definition) is 4. The third-order valence-electron chi connectivity index (χ3n) is 4.17. The van der Waals surface area contributed by atoms with Gasteiger partial charge in [-0.05, 0) is 68.8 Å². The van der Waals surface area contributed by atoms with Gasteiger partial charge in [0, 0.05) is 10.5 Å². The van der Waals surface area contributed by atoms with E-state index in [9.17, 15) is 13.2 Å². The molecule has 0 aliphatic rings. The SMILES string of the molecule is CCOc1ccc(SCc2oc(-c3ccc(C(F)(F)F)cc3)nc2C)cc1C. The van der Waals surface area contributed by atoms with E-state index in [4.69, 9.17) is 9.15 Å². The van der Waals surface area contributed by atoms with Crippen molar-refractivity contribution in [2.24, 2.45) is 0 Å². The number of nitrogens with zero attached hydrogens (tertiary/aromatic N) is 1. The fourth-order valence-corrected chi connectivity index (χ4v) is 3.66. The molecule has 0 unspecified atom stereocenters. The van der Waals surface area contributed by atoms with Crippen LogP contribution >= 0.6 is 11.8 Å². The van der Waals surface area contributed by atoms with E-state index in [-0.39, 0.29) is 0 Å².